The van der Waals surface area contributed by atoms with Gasteiger partial charge in [0.1, 0.15) is 0 Å². The Labute approximate surface area is 260 Å². The van der Waals surface area contributed by atoms with Crippen LogP contribution in [-0.4, -0.2) is 59.4 Å². The standard InChI is InChI=1S/C29H25F3N6O7S/c1-19-7-9-20(10-8-19)25-17-26(29(30,31)32)33-37(25)22-11-13-23(14-12-22)46(42,43)34-27(39)24-15-16-36(24)38(41)35-45-18-44-28(40)21-5-3-2-4-6-21/h2-14,17,24H,15-16,18H2,1H3,(H,34,39)/t24-/m0/s1. The van der Waals surface area contributed by atoms with E-state index in [1.165, 1.54) is 24.3 Å². The number of rotatable bonds is 10. The van der Waals surface area contributed by atoms with E-state index in [0.717, 1.165) is 33.5 Å². The van der Waals surface area contributed by atoms with Gasteiger partial charge in [0.2, 0.25) is 5.28 Å². The number of hydrogen-bond acceptors (Lipinski definition) is 9. The molecule has 1 atom stereocenters. The third-order valence-electron chi connectivity index (χ3n) is 6.87. The molecule has 1 aliphatic rings. The van der Waals surface area contributed by atoms with E-state index in [1.54, 1.807) is 42.5 Å². The number of benzene rings is 3. The summed E-state index contributed by atoms with van der Waals surface area (Å²) in [6, 6.07) is 19.2. The molecule has 1 amide bonds. The van der Waals surface area contributed by atoms with E-state index in [-0.39, 0.29) is 39.8 Å². The van der Waals surface area contributed by atoms with Crippen LogP contribution in [0, 0.1) is 12.1 Å². The van der Waals surface area contributed by atoms with Crippen LogP contribution in [-0.2, 0) is 30.6 Å². The zero-order chi connectivity index (χ0) is 33.1. The number of alkyl halides is 3. The first-order valence-electron chi connectivity index (χ1n) is 13.5. The molecule has 3 aromatic carbocycles. The first-order chi connectivity index (χ1) is 21.8. The Bertz CT molecular complexity index is 1860. The van der Waals surface area contributed by atoms with Gasteiger partial charge in [-0.3, -0.25) is 4.79 Å². The minimum atomic E-state index is -4.72. The second-order valence-electron chi connectivity index (χ2n) is 10.0. The molecule has 1 N–H and O–H groups in total. The number of nitrogens with one attached hydrogen (secondary N) is 1. The molecule has 4 aromatic rings. The summed E-state index contributed by atoms with van der Waals surface area (Å²) >= 11 is 0. The average Bonchev–Trinajstić information content (AvgIpc) is 3.46. The van der Waals surface area contributed by atoms with Crippen molar-refractivity contribution in [3.63, 3.8) is 0 Å². The van der Waals surface area contributed by atoms with Crippen LogP contribution in [0.3, 0.4) is 0 Å². The normalized spacial score (nSPS) is 15.2. The lowest BCUT2D eigenvalue weighted by atomic mass is 10.1. The lowest BCUT2D eigenvalue weighted by Gasteiger charge is -2.33. The van der Waals surface area contributed by atoms with Crippen molar-refractivity contribution in [2.24, 2.45) is 5.28 Å². The number of hydrogen-bond donors (Lipinski definition) is 1. The van der Waals surface area contributed by atoms with Gasteiger partial charge in [0, 0.05) is 12.0 Å². The largest absolute Gasteiger partial charge is 0.569 e. The molecule has 0 radical (unpaired) electrons. The Morgan fingerprint density at radius 2 is 1.74 bits per heavy atom. The minimum absolute atomic E-state index is 0.0556. The molecule has 1 aromatic heterocycles. The predicted octanol–water partition coefficient (Wildman–Crippen LogP) is 4.37. The summed E-state index contributed by atoms with van der Waals surface area (Å²) in [6.07, 6.45) is -4.60. The van der Waals surface area contributed by atoms with Gasteiger partial charge in [-0.15, -0.1) is 5.01 Å². The molecule has 0 saturated carbocycles. The Hall–Kier alpha value is -5.45. The van der Waals surface area contributed by atoms with Gasteiger partial charge in [-0.05, 0) is 49.4 Å². The molecule has 1 fully saturated rings. The van der Waals surface area contributed by atoms with Crippen LogP contribution in [0.5, 0.6) is 0 Å². The van der Waals surface area contributed by atoms with Crippen LogP contribution in [0.4, 0.5) is 13.2 Å². The molecule has 5 rings (SSSR count). The van der Waals surface area contributed by atoms with Gasteiger partial charge in [-0.1, -0.05) is 48.0 Å². The fourth-order valence-electron chi connectivity index (χ4n) is 4.37. The van der Waals surface area contributed by atoms with Crippen LogP contribution in [0.1, 0.15) is 28.0 Å². The Morgan fingerprint density at radius 3 is 2.35 bits per heavy atom. The number of aryl methyl sites for hydroxylation is 1. The smallest absolute Gasteiger partial charge is 0.435 e. The Morgan fingerprint density at radius 1 is 1.07 bits per heavy atom. The number of ether oxygens (including phenoxy) is 1. The van der Waals surface area contributed by atoms with E-state index in [1.807, 2.05) is 11.6 Å². The maximum Gasteiger partial charge on any atom is 0.435 e. The van der Waals surface area contributed by atoms with Crippen molar-refractivity contribution in [3.8, 4) is 16.9 Å². The van der Waals surface area contributed by atoms with Gasteiger partial charge >= 0.3 is 12.1 Å². The second-order valence-corrected chi connectivity index (χ2v) is 11.7. The molecule has 0 unspecified atom stereocenters. The van der Waals surface area contributed by atoms with Gasteiger partial charge in [-0.25, -0.2) is 22.6 Å². The SMILES string of the molecule is Cc1ccc(-c2cc(C(F)(F)F)nn2-c2ccc(S(=O)(=O)NC(=O)[C@@H]3CCN3[N+]([O-])=NOCOC(=O)c3ccccc3)cc2)cc1. The highest BCUT2D eigenvalue weighted by Gasteiger charge is 2.42. The summed E-state index contributed by atoms with van der Waals surface area (Å²) in [5.74, 6) is -1.74. The highest BCUT2D eigenvalue weighted by molar-refractivity contribution is 7.90. The zero-order valence-electron chi connectivity index (χ0n) is 23.9. The van der Waals surface area contributed by atoms with Gasteiger partial charge in [0.05, 0.1) is 33.4 Å². The number of esters is 1. The van der Waals surface area contributed by atoms with Crippen LogP contribution in [0.25, 0.3) is 16.9 Å². The zero-order valence-corrected chi connectivity index (χ0v) is 24.7. The number of carbonyl (C=O) groups is 2. The van der Waals surface area contributed by atoms with Crippen molar-refractivity contribution >= 4 is 21.9 Å². The third-order valence-corrected chi connectivity index (χ3v) is 8.23. The first-order valence-corrected chi connectivity index (χ1v) is 15.0. The Balaban J connectivity index is 1.23. The van der Waals surface area contributed by atoms with E-state index >= 15 is 0 Å². The molecule has 0 bridgehead atoms. The van der Waals surface area contributed by atoms with Gasteiger partial charge in [-0.2, -0.15) is 18.3 Å². The molecule has 0 spiro atoms. The van der Waals surface area contributed by atoms with Crippen LogP contribution in [0.2, 0.25) is 0 Å². The van der Waals surface area contributed by atoms with Crippen LogP contribution in [0.15, 0.2) is 95.1 Å². The van der Waals surface area contributed by atoms with Crippen molar-refractivity contribution in [3.05, 3.63) is 107 Å². The van der Waals surface area contributed by atoms with Gasteiger partial charge < -0.3 is 14.8 Å². The van der Waals surface area contributed by atoms with Crippen molar-refractivity contribution < 1.29 is 45.7 Å². The topological polar surface area (TPSA) is 158 Å². The van der Waals surface area contributed by atoms with Crippen LogP contribution >= 0.6 is 0 Å². The molecule has 2 heterocycles. The van der Waals surface area contributed by atoms with Crippen molar-refractivity contribution in [2.45, 2.75) is 30.5 Å². The molecule has 1 saturated heterocycles. The molecular formula is C29H25F3N6O7S. The second kappa shape index (κ2) is 12.9. The molecule has 0 aliphatic carbocycles. The van der Waals surface area contributed by atoms with E-state index in [9.17, 15) is 36.4 Å². The number of sulfonamides is 1. The summed E-state index contributed by atoms with van der Waals surface area (Å²) in [5.41, 5.74) is 0.756. The fraction of sp³-hybridized carbons (Fsp3) is 0.207. The summed E-state index contributed by atoms with van der Waals surface area (Å²) in [6.45, 7) is 1.20. The minimum Gasteiger partial charge on any atom is -0.569 e. The highest BCUT2D eigenvalue weighted by atomic mass is 32.2. The lowest BCUT2D eigenvalue weighted by molar-refractivity contribution is -0.729. The predicted molar refractivity (Wildman–Crippen MR) is 153 cm³/mol. The number of nitrogens with zero attached hydrogens (tertiary/aromatic N) is 5. The Kier molecular flexibility index (Phi) is 8.95. The van der Waals surface area contributed by atoms with E-state index in [2.05, 4.69) is 15.2 Å². The summed E-state index contributed by atoms with van der Waals surface area (Å²) in [5, 5.41) is 20.1. The van der Waals surface area contributed by atoms with E-state index in [4.69, 9.17) is 4.74 Å². The lowest BCUT2D eigenvalue weighted by Crippen LogP contribution is -2.59. The van der Waals surface area contributed by atoms with Gasteiger partial charge in [0.25, 0.3) is 22.7 Å². The monoisotopic (exact) mass is 658 g/mol. The van der Waals surface area contributed by atoms with Gasteiger partial charge in [0.15, 0.2) is 11.7 Å². The van der Waals surface area contributed by atoms with Crippen molar-refractivity contribution in [2.75, 3.05) is 13.3 Å². The number of hydrazine groups is 1. The van der Waals surface area contributed by atoms with E-state index in [0.29, 0.717) is 5.56 Å². The fourth-order valence-corrected chi connectivity index (χ4v) is 5.39. The molecule has 13 nitrogen and oxygen atoms in total. The van der Waals surface area contributed by atoms with Crippen molar-refractivity contribution in [1.29, 1.82) is 0 Å². The molecule has 17 heteroatoms. The summed E-state index contributed by atoms with van der Waals surface area (Å²) in [4.78, 5) is 28.9. The average molecular weight is 659 g/mol. The summed E-state index contributed by atoms with van der Waals surface area (Å²) in [7, 11) is -4.45. The van der Waals surface area contributed by atoms with E-state index < -0.39 is 46.6 Å². The molecule has 240 valence electrons. The molecular weight excluding hydrogens is 633 g/mol. The maximum atomic E-state index is 13.5. The number of carbonyl (C=O) groups excluding carboxylic acids is 2. The molecule has 1 aliphatic heterocycles. The highest BCUT2D eigenvalue weighted by Crippen LogP contribution is 2.33. The quantitative estimate of drug-likeness (QED) is 0.0652. The number of aromatic nitrogens is 2. The van der Waals surface area contributed by atoms with Crippen LogP contribution < -0.4 is 4.72 Å². The third kappa shape index (κ3) is 7.09. The maximum absolute atomic E-state index is 13.5. The molecule has 46 heavy (non-hydrogen) atoms. The summed E-state index contributed by atoms with van der Waals surface area (Å²) < 4.78 is 74.2. The first kappa shape index (κ1) is 32.0. The number of halogens is 3. The van der Waals surface area contributed by atoms with Crippen molar-refractivity contribution in [1.82, 2.24) is 19.5 Å². The number of amides is 1.